The van der Waals surface area contributed by atoms with E-state index in [0.29, 0.717) is 0 Å². The van der Waals surface area contributed by atoms with Crippen molar-refractivity contribution >= 4 is 11.9 Å². The largest absolute Gasteiger partial charge is 0.488 e. The van der Waals surface area contributed by atoms with Crippen molar-refractivity contribution in [2.75, 3.05) is 6.61 Å². The van der Waals surface area contributed by atoms with Crippen LogP contribution in [0, 0.1) is 17.1 Å². The number of amides is 1. The summed E-state index contributed by atoms with van der Waals surface area (Å²) >= 11 is 0. The summed E-state index contributed by atoms with van der Waals surface area (Å²) in [6.07, 6.45) is 0. The number of carbonyl (C=O) groups is 2. The molecule has 0 aliphatic heterocycles. The fourth-order valence-electron chi connectivity index (χ4n) is 1.28. The van der Waals surface area contributed by atoms with Crippen LogP contribution in [-0.2, 0) is 9.59 Å². The number of carbonyl (C=O) groups excluding carboxylic acids is 1. The molecule has 0 radical (unpaired) electrons. The van der Waals surface area contributed by atoms with E-state index in [1.54, 1.807) is 6.07 Å². The molecule has 2 N–H and O–H groups in total. The number of nitrogens with one attached hydrogen (secondary N) is 1. The van der Waals surface area contributed by atoms with Crippen LogP contribution >= 0.6 is 0 Å². The first-order chi connectivity index (χ1) is 8.93. The van der Waals surface area contributed by atoms with Gasteiger partial charge in [-0.25, -0.2) is 9.18 Å². The average Bonchev–Trinajstić information content (AvgIpc) is 2.34. The number of hydrogen-bond donors (Lipinski definition) is 2. The van der Waals surface area contributed by atoms with Crippen molar-refractivity contribution in [1.82, 2.24) is 5.32 Å². The van der Waals surface area contributed by atoms with E-state index in [2.05, 4.69) is 5.32 Å². The average molecular weight is 266 g/mol. The predicted molar refractivity (Wildman–Crippen MR) is 61.9 cm³/mol. The zero-order chi connectivity index (χ0) is 14.4. The molecule has 1 atom stereocenters. The molecule has 0 heterocycles. The highest BCUT2D eigenvalue weighted by molar-refractivity contribution is 5.82. The first-order valence-corrected chi connectivity index (χ1v) is 5.26. The molecule has 1 aromatic carbocycles. The van der Waals surface area contributed by atoms with Crippen LogP contribution in [0.15, 0.2) is 18.2 Å². The van der Waals surface area contributed by atoms with Crippen LogP contribution in [0.1, 0.15) is 12.5 Å². The van der Waals surface area contributed by atoms with Crippen LogP contribution in [0.3, 0.4) is 0 Å². The lowest BCUT2D eigenvalue weighted by Gasteiger charge is -2.14. The minimum absolute atomic E-state index is 0.126. The summed E-state index contributed by atoms with van der Waals surface area (Å²) < 4.78 is 18.4. The second kappa shape index (κ2) is 6.35. The van der Waals surface area contributed by atoms with Gasteiger partial charge in [0.25, 0.3) is 0 Å². The number of nitriles is 1. The molecule has 0 bridgehead atoms. The maximum Gasteiger partial charge on any atom is 0.329 e. The van der Waals surface area contributed by atoms with Gasteiger partial charge >= 0.3 is 5.97 Å². The summed E-state index contributed by atoms with van der Waals surface area (Å²) in [7, 11) is 0. The number of aliphatic carboxylic acids is 1. The van der Waals surface area contributed by atoms with Crippen molar-refractivity contribution in [3.63, 3.8) is 0 Å². The van der Waals surface area contributed by atoms with E-state index in [1.807, 2.05) is 0 Å². The molecule has 0 spiro atoms. The number of benzene rings is 1. The van der Waals surface area contributed by atoms with E-state index in [-0.39, 0.29) is 11.3 Å². The number of rotatable bonds is 5. The molecule has 6 nitrogen and oxygen atoms in total. The van der Waals surface area contributed by atoms with Gasteiger partial charge in [0.05, 0.1) is 11.6 Å². The fraction of sp³-hybridized carbons (Fsp3) is 0.250. The highest BCUT2D eigenvalue weighted by atomic mass is 19.1. The first-order valence-electron chi connectivity index (χ1n) is 5.26. The highest BCUT2D eigenvalue weighted by Crippen LogP contribution is 2.18. The molecule has 0 saturated heterocycles. The lowest BCUT2D eigenvalue weighted by Crippen LogP contribution is -2.43. The Morgan fingerprint density at radius 3 is 2.74 bits per heavy atom. The van der Waals surface area contributed by atoms with E-state index in [9.17, 15) is 14.0 Å². The Bertz CT molecular complexity index is 539. The molecule has 19 heavy (non-hydrogen) atoms. The Morgan fingerprint density at radius 2 is 2.26 bits per heavy atom. The number of nitrogens with zero attached hydrogens (tertiary/aromatic N) is 1. The molecule has 100 valence electrons. The third-order valence-electron chi connectivity index (χ3n) is 2.14. The molecule has 1 rings (SSSR count). The van der Waals surface area contributed by atoms with Gasteiger partial charge in [-0.05, 0) is 18.2 Å². The summed E-state index contributed by atoms with van der Waals surface area (Å²) in [6, 6.07) is 4.03. The number of ether oxygens (including phenoxy) is 1. The topological polar surface area (TPSA) is 99.4 Å². The second-order valence-electron chi connectivity index (χ2n) is 3.66. The second-order valence-corrected chi connectivity index (χ2v) is 3.66. The van der Waals surface area contributed by atoms with Crippen LogP contribution in [0.2, 0.25) is 0 Å². The lowest BCUT2D eigenvalue weighted by atomic mass is 10.2. The Labute approximate surface area is 108 Å². The smallest absolute Gasteiger partial charge is 0.329 e. The standard InChI is InChI=1S/C12H11FN2O4/c1-7(16)15-10(12(17)18)6-19-11-3-2-8(5-14)4-9(11)13/h2-4,10H,6H2,1H3,(H,15,16)(H,17,18). The van der Waals surface area contributed by atoms with Gasteiger partial charge in [-0.15, -0.1) is 0 Å². The van der Waals surface area contributed by atoms with Gasteiger partial charge in [-0.3, -0.25) is 4.79 Å². The maximum atomic E-state index is 13.4. The number of hydrogen-bond acceptors (Lipinski definition) is 4. The molecular formula is C12H11FN2O4. The van der Waals surface area contributed by atoms with Crippen molar-refractivity contribution < 1.29 is 23.8 Å². The number of carboxylic acids is 1. The lowest BCUT2D eigenvalue weighted by molar-refractivity contribution is -0.142. The molecule has 1 amide bonds. The van der Waals surface area contributed by atoms with Gasteiger partial charge in [0.2, 0.25) is 5.91 Å². The van der Waals surface area contributed by atoms with Gasteiger partial charge in [0.1, 0.15) is 6.61 Å². The zero-order valence-corrected chi connectivity index (χ0v) is 10.0. The van der Waals surface area contributed by atoms with Crippen LogP contribution in [0.4, 0.5) is 4.39 Å². The minimum Gasteiger partial charge on any atom is -0.488 e. The van der Waals surface area contributed by atoms with Crippen LogP contribution in [0.5, 0.6) is 5.75 Å². The van der Waals surface area contributed by atoms with Crippen molar-refractivity contribution in [2.24, 2.45) is 0 Å². The van der Waals surface area contributed by atoms with Crippen LogP contribution in [-0.4, -0.2) is 29.6 Å². The van der Waals surface area contributed by atoms with E-state index in [0.717, 1.165) is 13.0 Å². The molecule has 0 saturated carbocycles. The summed E-state index contributed by atoms with van der Waals surface area (Å²) in [5.41, 5.74) is 0.126. The van der Waals surface area contributed by atoms with E-state index >= 15 is 0 Å². The van der Waals surface area contributed by atoms with E-state index in [1.165, 1.54) is 12.1 Å². The quantitative estimate of drug-likeness (QED) is 0.815. The molecular weight excluding hydrogens is 255 g/mol. The molecule has 0 fully saturated rings. The Morgan fingerprint density at radius 1 is 1.58 bits per heavy atom. The monoisotopic (exact) mass is 266 g/mol. The summed E-state index contributed by atoms with van der Waals surface area (Å²) in [5, 5.41) is 19.5. The Balaban J connectivity index is 2.72. The zero-order valence-electron chi connectivity index (χ0n) is 10.0. The normalized spacial score (nSPS) is 11.2. The molecule has 0 aromatic heterocycles. The number of halogens is 1. The summed E-state index contributed by atoms with van der Waals surface area (Å²) in [6.45, 7) is 0.746. The van der Waals surface area contributed by atoms with Gasteiger partial charge in [0.15, 0.2) is 17.6 Å². The van der Waals surface area contributed by atoms with E-state index in [4.69, 9.17) is 15.1 Å². The van der Waals surface area contributed by atoms with Gasteiger partial charge in [0, 0.05) is 6.92 Å². The third-order valence-corrected chi connectivity index (χ3v) is 2.14. The minimum atomic E-state index is -1.29. The van der Waals surface area contributed by atoms with E-state index < -0.39 is 30.3 Å². The number of carboxylic acid groups (broad SMARTS) is 1. The summed E-state index contributed by atoms with van der Waals surface area (Å²) in [5.74, 6) is -2.78. The SMILES string of the molecule is CC(=O)NC(COc1ccc(C#N)cc1F)C(=O)O. The first kappa shape index (κ1) is 14.4. The molecule has 1 unspecified atom stereocenters. The Kier molecular flexibility index (Phi) is 4.83. The fourth-order valence-corrected chi connectivity index (χ4v) is 1.28. The molecule has 1 aromatic rings. The van der Waals surface area contributed by atoms with Gasteiger partial charge in [-0.2, -0.15) is 5.26 Å². The molecule has 7 heteroatoms. The molecule has 0 aliphatic carbocycles. The summed E-state index contributed by atoms with van der Waals surface area (Å²) in [4.78, 5) is 21.6. The predicted octanol–water partition coefficient (Wildman–Crippen LogP) is 0.665. The van der Waals surface area contributed by atoms with Crippen molar-refractivity contribution in [1.29, 1.82) is 5.26 Å². The molecule has 0 aliphatic rings. The van der Waals surface area contributed by atoms with Crippen molar-refractivity contribution in [3.05, 3.63) is 29.6 Å². The van der Waals surface area contributed by atoms with Crippen molar-refractivity contribution in [3.8, 4) is 11.8 Å². The van der Waals surface area contributed by atoms with Crippen molar-refractivity contribution in [2.45, 2.75) is 13.0 Å². The highest BCUT2D eigenvalue weighted by Gasteiger charge is 2.19. The van der Waals surface area contributed by atoms with Crippen LogP contribution in [0.25, 0.3) is 0 Å². The van der Waals surface area contributed by atoms with Gasteiger partial charge in [-0.1, -0.05) is 0 Å². The third kappa shape index (κ3) is 4.27. The maximum absolute atomic E-state index is 13.4. The van der Waals surface area contributed by atoms with Gasteiger partial charge < -0.3 is 15.2 Å². The van der Waals surface area contributed by atoms with Crippen LogP contribution < -0.4 is 10.1 Å². The Hall–Kier alpha value is -2.62.